The van der Waals surface area contributed by atoms with Gasteiger partial charge in [-0.25, -0.2) is 4.68 Å². The molecule has 1 heterocycles. The van der Waals surface area contributed by atoms with E-state index in [0.29, 0.717) is 0 Å². The lowest BCUT2D eigenvalue weighted by molar-refractivity contribution is -0.670. The third-order valence-electron chi connectivity index (χ3n) is 2.78. The van der Waals surface area contributed by atoms with Crippen LogP contribution in [0.2, 0.25) is 10.0 Å². The van der Waals surface area contributed by atoms with Crippen molar-refractivity contribution in [3.63, 3.8) is 0 Å². The van der Waals surface area contributed by atoms with Crippen LogP contribution < -0.4 is 5.32 Å². The summed E-state index contributed by atoms with van der Waals surface area (Å²) in [5.74, 6) is 0.987. The average Bonchev–Trinajstić information content (AvgIpc) is 2.82. The molecule has 0 unspecified atom stereocenters. The average molecular weight is 333 g/mol. The molecule has 2 aromatic rings. The van der Waals surface area contributed by atoms with Gasteiger partial charge in [0, 0.05) is 24.8 Å². The summed E-state index contributed by atoms with van der Waals surface area (Å²) in [6.45, 7) is 1.81. The molecule has 1 aromatic carbocycles. The Hall–Kier alpha value is -0.820. The van der Waals surface area contributed by atoms with Crippen molar-refractivity contribution in [2.45, 2.75) is 18.1 Å². The Labute approximate surface area is 132 Å². The fourth-order valence-corrected chi connectivity index (χ4v) is 3.07. The van der Waals surface area contributed by atoms with Gasteiger partial charge in [0.25, 0.3) is 0 Å². The Bertz CT molecular complexity index is 540. The molecule has 20 heavy (non-hydrogen) atoms. The zero-order chi connectivity index (χ0) is 14.4. The van der Waals surface area contributed by atoms with E-state index in [9.17, 15) is 0 Å². The molecule has 0 radical (unpaired) electrons. The standard InChI is InChI=1S/C12H15Cl2N5S/c1-19-12(16-17-18-19)20-7-3-6-15-8-9-10(13)4-2-5-11(9)14/h2,4-5,15H,3,6-8H2,1H3/p+1. The van der Waals surface area contributed by atoms with Gasteiger partial charge in [-0.15, -0.1) is 5.10 Å². The number of quaternary nitrogens is 1. The smallest absolute Gasteiger partial charge is 0.209 e. The summed E-state index contributed by atoms with van der Waals surface area (Å²) in [4.78, 5) is 0. The van der Waals surface area contributed by atoms with E-state index >= 15 is 0 Å². The van der Waals surface area contributed by atoms with Crippen LogP contribution in [-0.2, 0) is 13.6 Å². The van der Waals surface area contributed by atoms with Gasteiger partial charge in [-0.2, -0.15) is 0 Å². The van der Waals surface area contributed by atoms with Gasteiger partial charge in [-0.1, -0.05) is 41.0 Å². The summed E-state index contributed by atoms with van der Waals surface area (Å²) in [5, 5.41) is 15.8. The van der Waals surface area contributed by atoms with Crippen molar-refractivity contribution in [3.8, 4) is 0 Å². The highest BCUT2D eigenvalue weighted by atomic mass is 35.5. The maximum atomic E-state index is 6.12. The Morgan fingerprint density at radius 1 is 1.30 bits per heavy atom. The third kappa shape index (κ3) is 4.34. The highest BCUT2D eigenvalue weighted by Gasteiger charge is 2.07. The first-order valence-corrected chi connectivity index (χ1v) is 8.02. The Morgan fingerprint density at radius 2 is 2.05 bits per heavy atom. The van der Waals surface area contributed by atoms with E-state index in [0.717, 1.165) is 46.0 Å². The molecule has 0 aliphatic carbocycles. The van der Waals surface area contributed by atoms with E-state index in [-0.39, 0.29) is 0 Å². The van der Waals surface area contributed by atoms with Gasteiger partial charge in [0.05, 0.1) is 16.6 Å². The normalized spacial score (nSPS) is 10.9. The van der Waals surface area contributed by atoms with Crippen molar-refractivity contribution in [1.82, 2.24) is 20.2 Å². The molecule has 0 aliphatic heterocycles. The Kier molecular flexibility index (Phi) is 6.09. The van der Waals surface area contributed by atoms with Crippen LogP contribution in [0.3, 0.4) is 0 Å². The number of tetrazole rings is 1. The van der Waals surface area contributed by atoms with Gasteiger partial charge in [0.15, 0.2) is 0 Å². The van der Waals surface area contributed by atoms with Crippen LogP contribution in [0.15, 0.2) is 23.4 Å². The minimum absolute atomic E-state index is 0.730. The van der Waals surface area contributed by atoms with E-state index in [1.165, 1.54) is 0 Å². The number of thioether (sulfide) groups is 1. The molecule has 2 N–H and O–H groups in total. The highest BCUT2D eigenvalue weighted by Crippen LogP contribution is 2.22. The Morgan fingerprint density at radius 3 is 2.70 bits per heavy atom. The molecule has 2 rings (SSSR count). The first-order valence-electron chi connectivity index (χ1n) is 6.28. The van der Waals surface area contributed by atoms with Crippen molar-refractivity contribution < 1.29 is 5.32 Å². The first-order chi connectivity index (χ1) is 9.68. The summed E-state index contributed by atoms with van der Waals surface area (Å²) in [7, 11) is 1.84. The molecule has 0 saturated heterocycles. The number of rotatable bonds is 7. The first kappa shape index (κ1) is 15.6. The highest BCUT2D eigenvalue weighted by molar-refractivity contribution is 7.99. The molecule has 1 aromatic heterocycles. The summed E-state index contributed by atoms with van der Waals surface area (Å²) in [5.41, 5.74) is 1.00. The number of hydrogen-bond donors (Lipinski definition) is 1. The second-order valence-electron chi connectivity index (χ2n) is 4.27. The largest absolute Gasteiger partial charge is 0.342 e. The molecule has 0 bridgehead atoms. The third-order valence-corrected chi connectivity index (χ3v) is 4.58. The van der Waals surface area contributed by atoms with E-state index in [2.05, 4.69) is 20.8 Å². The number of aromatic nitrogens is 4. The SMILES string of the molecule is Cn1nnnc1SCCC[NH2+]Cc1c(Cl)cccc1Cl. The number of benzene rings is 1. The summed E-state index contributed by atoms with van der Waals surface area (Å²) < 4.78 is 1.68. The monoisotopic (exact) mass is 332 g/mol. The van der Waals surface area contributed by atoms with Crippen molar-refractivity contribution in [2.24, 2.45) is 7.05 Å². The van der Waals surface area contributed by atoms with Crippen molar-refractivity contribution in [2.75, 3.05) is 12.3 Å². The zero-order valence-corrected chi connectivity index (χ0v) is 13.4. The zero-order valence-electron chi connectivity index (χ0n) is 11.1. The van der Waals surface area contributed by atoms with Crippen LogP contribution in [-0.4, -0.2) is 32.5 Å². The van der Waals surface area contributed by atoms with Crippen LogP contribution >= 0.6 is 35.0 Å². The molecule has 0 saturated carbocycles. The fourth-order valence-electron chi connectivity index (χ4n) is 1.71. The van der Waals surface area contributed by atoms with E-state index in [1.54, 1.807) is 16.4 Å². The number of aryl methyl sites for hydroxylation is 1. The van der Waals surface area contributed by atoms with Crippen molar-refractivity contribution in [3.05, 3.63) is 33.8 Å². The van der Waals surface area contributed by atoms with Crippen LogP contribution in [0.25, 0.3) is 0 Å². The quantitative estimate of drug-likeness (QED) is 0.620. The topological polar surface area (TPSA) is 60.2 Å². The van der Waals surface area contributed by atoms with Gasteiger partial charge in [-0.3, -0.25) is 0 Å². The van der Waals surface area contributed by atoms with Crippen LogP contribution in [0.1, 0.15) is 12.0 Å². The Balaban J connectivity index is 1.66. The summed E-state index contributed by atoms with van der Waals surface area (Å²) in [6.07, 6.45) is 1.07. The summed E-state index contributed by atoms with van der Waals surface area (Å²) in [6, 6.07) is 5.60. The molecule has 0 aliphatic rings. The maximum absolute atomic E-state index is 6.12. The second-order valence-corrected chi connectivity index (χ2v) is 6.15. The lowest BCUT2D eigenvalue weighted by atomic mass is 10.2. The van der Waals surface area contributed by atoms with Gasteiger partial charge in [-0.05, 0) is 22.6 Å². The van der Waals surface area contributed by atoms with E-state index < -0.39 is 0 Å². The fraction of sp³-hybridized carbons (Fsp3) is 0.417. The minimum Gasteiger partial charge on any atom is -0.342 e. The molecular formula is C12H16Cl2N5S+. The molecule has 5 nitrogen and oxygen atoms in total. The molecule has 0 spiro atoms. The van der Waals surface area contributed by atoms with Crippen LogP contribution in [0, 0.1) is 0 Å². The lowest BCUT2D eigenvalue weighted by Crippen LogP contribution is -2.82. The molecule has 0 atom stereocenters. The van der Waals surface area contributed by atoms with Crippen LogP contribution in [0.4, 0.5) is 0 Å². The number of hydrogen-bond acceptors (Lipinski definition) is 4. The predicted molar refractivity (Wildman–Crippen MR) is 81.1 cm³/mol. The van der Waals surface area contributed by atoms with Gasteiger partial charge >= 0.3 is 0 Å². The van der Waals surface area contributed by atoms with E-state index in [1.807, 2.05) is 25.2 Å². The molecule has 108 valence electrons. The van der Waals surface area contributed by atoms with Gasteiger partial charge < -0.3 is 5.32 Å². The van der Waals surface area contributed by atoms with Crippen molar-refractivity contribution >= 4 is 35.0 Å². The molecular weight excluding hydrogens is 317 g/mol. The number of halogens is 2. The number of nitrogens with zero attached hydrogens (tertiary/aromatic N) is 4. The summed E-state index contributed by atoms with van der Waals surface area (Å²) >= 11 is 13.9. The predicted octanol–water partition coefficient (Wildman–Crippen LogP) is 1.76. The van der Waals surface area contributed by atoms with Gasteiger partial charge in [0.2, 0.25) is 5.16 Å². The number of nitrogens with two attached hydrogens (primary N) is 1. The van der Waals surface area contributed by atoms with Gasteiger partial charge in [0.1, 0.15) is 6.54 Å². The molecule has 0 amide bonds. The van der Waals surface area contributed by atoms with E-state index in [4.69, 9.17) is 23.2 Å². The minimum atomic E-state index is 0.730. The molecule has 0 fully saturated rings. The molecule has 8 heteroatoms. The lowest BCUT2D eigenvalue weighted by Gasteiger charge is -2.06. The van der Waals surface area contributed by atoms with Crippen LogP contribution in [0.5, 0.6) is 0 Å². The second kappa shape index (κ2) is 7.83. The van der Waals surface area contributed by atoms with Crippen molar-refractivity contribution in [1.29, 1.82) is 0 Å². The maximum Gasteiger partial charge on any atom is 0.209 e.